The Balaban J connectivity index is 2.35. The molecule has 21 heavy (non-hydrogen) atoms. The van der Waals surface area contributed by atoms with E-state index in [1.165, 1.54) is 0 Å². The van der Waals surface area contributed by atoms with Gasteiger partial charge in [0.15, 0.2) is 0 Å². The molecule has 0 spiro atoms. The molecule has 0 aliphatic carbocycles. The van der Waals surface area contributed by atoms with Crippen molar-refractivity contribution < 1.29 is 9.53 Å². The van der Waals surface area contributed by atoms with Crippen LogP contribution in [0.15, 0.2) is 22.7 Å². The monoisotopic (exact) mass is 350 g/mol. The highest BCUT2D eigenvalue weighted by Gasteiger charge is 2.39. The fourth-order valence-corrected chi connectivity index (χ4v) is 2.84. The van der Waals surface area contributed by atoms with Gasteiger partial charge in [-0.05, 0) is 51.0 Å². The van der Waals surface area contributed by atoms with Crippen molar-refractivity contribution in [3.05, 3.63) is 33.8 Å². The third-order valence-corrected chi connectivity index (χ3v) is 3.93. The van der Waals surface area contributed by atoms with Crippen LogP contribution in [-0.2, 0) is 16.7 Å². The van der Waals surface area contributed by atoms with Gasteiger partial charge in [-0.2, -0.15) is 5.26 Å². The molecule has 1 amide bonds. The minimum atomic E-state index is -0.728. The summed E-state index contributed by atoms with van der Waals surface area (Å²) in [6.45, 7) is 8.17. The van der Waals surface area contributed by atoms with Gasteiger partial charge in [-0.25, -0.2) is 4.79 Å². The molecule has 0 bridgehead atoms. The van der Waals surface area contributed by atoms with E-state index in [9.17, 15) is 10.1 Å². The first-order valence-corrected chi connectivity index (χ1v) is 7.62. The predicted octanol–water partition coefficient (Wildman–Crippen LogP) is 3.98. The van der Waals surface area contributed by atoms with E-state index in [4.69, 9.17) is 4.74 Å². The van der Waals surface area contributed by atoms with Gasteiger partial charge in [0.05, 0.1) is 11.5 Å². The van der Waals surface area contributed by atoms with Gasteiger partial charge in [0.2, 0.25) is 0 Å². The van der Waals surface area contributed by atoms with Crippen LogP contribution in [0.4, 0.5) is 4.79 Å². The highest BCUT2D eigenvalue weighted by molar-refractivity contribution is 9.10. The second-order valence-corrected chi connectivity index (χ2v) is 7.50. The number of nitrogens with zero attached hydrogens (tertiary/aromatic N) is 2. The highest BCUT2D eigenvalue weighted by atomic mass is 79.9. The molecule has 0 aromatic heterocycles. The van der Waals surface area contributed by atoms with Gasteiger partial charge in [-0.1, -0.05) is 22.0 Å². The van der Waals surface area contributed by atoms with E-state index in [-0.39, 0.29) is 6.09 Å². The SMILES string of the molecule is CC(C)(C)OC(=O)N1Cc2ccc(Br)cc2C(C)(C#N)C1. The third-order valence-electron chi connectivity index (χ3n) is 3.43. The molecule has 1 aromatic rings. The lowest BCUT2D eigenvalue weighted by Gasteiger charge is -2.38. The summed E-state index contributed by atoms with van der Waals surface area (Å²) in [6.07, 6.45) is -0.377. The van der Waals surface area contributed by atoms with Gasteiger partial charge in [0, 0.05) is 17.6 Å². The molecule has 0 saturated carbocycles. The number of fused-ring (bicyclic) bond motifs is 1. The van der Waals surface area contributed by atoms with Crippen LogP contribution in [0.2, 0.25) is 0 Å². The quantitative estimate of drug-likeness (QED) is 0.710. The maximum Gasteiger partial charge on any atom is 0.410 e. The van der Waals surface area contributed by atoms with Crippen LogP contribution in [0.25, 0.3) is 0 Å². The maximum atomic E-state index is 12.3. The van der Waals surface area contributed by atoms with Crippen LogP contribution in [0.3, 0.4) is 0 Å². The predicted molar refractivity (Wildman–Crippen MR) is 83.8 cm³/mol. The summed E-state index contributed by atoms with van der Waals surface area (Å²) in [5.74, 6) is 0. The molecule has 1 aromatic carbocycles. The summed E-state index contributed by atoms with van der Waals surface area (Å²) in [5, 5.41) is 9.58. The molecule has 0 fully saturated rings. The average molecular weight is 351 g/mol. The second-order valence-electron chi connectivity index (χ2n) is 6.58. The van der Waals surface area contributed by atoms with Gasteiger partial charge >= 0.3 is 6.09 Å². The number of ether oxygens (including phenoxy) is 1. The second kappa shape index (κ2) is 5.34. The molecule has 0 saturated heterocycles. The number of carbonyl (C=O) groups excluding carboxylic acids is 1. The first kappa shape index (κ1) is 15.8. The molecule has 1 atom stereocenters. The molecular formula is C16H19BrN2O2. The average Bonchev–Trinajstić information content (AvgIpc) is 2.37. The topological polar surface area (TPSA) is 53.3 Å². The van der Waals surface area contributed by atoms with E-state index in [2.05, 4.69) is 22.0 Å². The van der Waals surface area contributed by atoms with E-state index >= 15 is 0 Å². The Morgan fingerprint density at radius 3 is 2.71 bits per heavy atom. The Labute approximate surface area is 133 Å². The van der Waals surface area contributed by atoms with Crippen LogP contribution in [-0.4, -0.2) is 23.1 Å². The molecule has 112 valence electrons. The Kier molecular flexibility index (Phi) is 4.03. The smallest absolute Gasteiger partial charge is 0.410 e. The van der Waals surface area contributed by atoms with Crippen molar-refractivity contribution in [2.75, 3.05) is 6.54 Å². The molecule has 5 heteroatoms. The fourth-order valence-electron chi connectivity index (χ4n) is 2.48. The molecule has 1 aliphatic rings. The summed E-state index contributed by atoms with van der Waals surface area (Å²) in [6, 6.07) is 8.18. The number of carbonyl (C=O) groups is 1. The van der Waals surface area contributed by atoms with Gasteiger partial charge in [-0.3, -0.25) is 0 Å². The summed E-state index contributed by atoms with van der Waals surface area (Å²) >= 11 is 3.44. The van der Waals surface area contributed by atoms with Crippen molar-refractivity contribution in [2.24, 2.45) is 0 Å². The summed E-state index contributed by atoms with van der Waals surface area (Å²) < 4.78 is 6.36. The molecule has 1 unspecified atom stereocenters. The van der Waals surface area contributed by atoms with Gasteiger partial charge in [0.25, 0.3) is 0 Å². The molecule has 0 N–H and O–H groups in total. The van der Waals surface area contributed by atoms with Crippen molar-refractivity contribution in [1.29, 1.82) is 5.26 Å². The fraction of sp³-hybridized carbons (Fsp3) is 0.500. The van der Waals surface area contributed by atoms with Crippen molar-refractivity contribution >= 4 is 22.0 Å². The third kappa shape index (κ3) is 3.38. The van der Waals surface area contributed by atoms with Crippen LogP contribution < -0.4 is 0 Å². The first-order valence-electron chi connectivity index (χ1n) is 6.83. The lowest BCUT2D eigenvalue weighted by Crippen LogP contribution is -2.47. The summed E-state index contributed by atoms with van der Waals surface area (Å²) in [4.78, 5) is 13.9. The number of hydrogen-bond donors (Lipinski definition) is 0. The number of nitriles is 1. The number of hydrogen-bond acceptors (Lipinski definition) is 3. The van der Waals surface area contributed by atoms with Crippen LogP contribution in [0.1, 0.15) is 38.8 Å². The normalized spacial score (nSPS) is 21.4. The van der Waals surface area contributed by atoms with E-state index in [0.717, 1.165) is 15.6 Å². The maximum absolute atomic E-state index is 12.3. The zero-order chi connectivity index (χ0) is 15.8. The van der Waals surface area contributed by atoms with E-state index < -0.39 is 11.0 Å². The zero-order valence-corrected chi connectivity index (χ0v) is 14.3. The standard InChI is InChI=1S/C16H19BrN2O2/c1-15(2,3)21-14(20)19-8-11-5-6-12(17)7-13(11)16(4,9-18)10-19/h5-7H,8,10H2,1-4H3. The van der Waals surface area contributed by atoms with Crippen molar-refractivity contribution in [3.63, 3.8) is 0 Å². The van der Waals surface area contributed by atoms with Gasteiger partial charge < -0.3 is 9.64 Å². The van der Waals surface area contributed by atoms with Crippen molar-refractivity contribution in [2.45, 2.75) is 45.3 Å². The number of amides is 1. The van der Waals surface area contributed by atoms with E-state index in [1.807, 2.05) is 45.9 Å². The zero-order valence-electron chi connectivity index (χ0n) is 12.7. The van der Waals surface area contributed by atoms with Gasteiger partial charge in [0.1, 0.15) is 5.60 Å². The molecule has 1 aliphatic heterocycles. The Bertz CT molecular complexity index is 616. The summed E-state index contributed by atoms with van der Waals surface area (Å²) in [5.41, 5.74) is 0.688. The highest BCUT2D eigenvalue weighted by Crippen LogP contribution is 2.35. The molecule has 2 rings (SSSR count). The largest absolute Gasteiger partial charge is 0.444 e. The molecule has 4 nitrogen and oxygen atoms in total. The molecule has 1 heterocycles. The minimum Gasteiger partial charge on any atom is -0.444 e. The van der Waals surface area contributed by atoms with Crippen molar-refractivity contribution in [3.8, 4) is 6.07 Å². The van der Waals surface area contributed by atoms with Crippen LogP contribution in [0, 0.1) is 11.3 Å². The Morgan fingerprint density at radius 2 is 2.14 bits per heavy atom. The van der Waals surface area contributed by atoms with Crippen molar-refractivity contribution in [1.82, 2.24) is 4.90 Å². The number of benzene rings is 1. The van der Waals surface area contributed by atoms with E-state index in [0.29, 0.717) is 13.1 Å². The summed E-state index contributed by atoms with van der Waals surface area (Å²) in [7, 11) is 0. The number of halogens is 1. The van der Waals surface area contributed by atoms with E-state index in [1.54, 1.807) is 4.90 Å². The Hall–Kier alpha value is -1.54. The molecule has 0 radical (unpaired) electrons. The molecular weight excluding hydrogens is 332 g/mol. The first-order chi connectivity index (χ1) is 9.64. The lowest BCUT2D eigenvalue weighted by atomic mass is 9.78. The number of rotatable bonds is 0. The minimum absolute atomic E-state index is 0.335. The van der Waals surface area contributed by atoms with Gasteiger partial charge in [-0.15, -0.1) is 0 Å². The van der Waals surface area contributed by atoms with Crippen LogP contribution >= 0.6 is 15.9 Å². The Morgan fingerprint density at radius 1 is 1.48 bits per heavy atom. The van der Waals surface area contributed by atoms with Crippen LogP contribution in [0.5, 0.6) is 0 Å². The lowest BCUT2D eigenvalue weighted by molar-refractivity contribution is 0.0188.